The van der Waals surface area contributed by atoms with Crippen LogP contribution in [-0.2, 0) is 58.9 Å². The Morgan fingerprint density at radius 3 is 1.89 bits per heavy atom. The summed E-state index contributed by atoms with van der Waals surface area (Å²) in [5.41, 5.74) is 16.2. The number of ether oxygens (including phenoxy) is 5. The summed E-state index contributed by atoms with van der Waals surface area (Å²) >= 11 is 0. The SMILES string of the molecule is NC1=NCC(C(O)(C2CN=C(N)N2C2OC(CO)C(O)C(O)C2O)[C@H](NC(=O)[C@H](CO)NC(=O)[C@H](Cc2ccc(O)cc2)NC(=O)[C@@H](N)CC2CCCCC2)C(=O)N[C@@H](COC2OC(CO)C(OC3OC(CO)C(O)C(O)C3O)C(O)C2O)C(=O)NCC=O)N1. The van der Waals surface area contributed by atoms with E-state index in [-0.39, 0.29) is 36.8 Å². The van der Waals surface area contributed by atoms with Crippen molar-refractivity contribution in [1.29, 1.82) is 0 Å². The second-order valence-electron chi connectivity index (χ2n) is 22.9. The van der Waals surface area contributed by atoms with Crippen molar-refractivity contribution in [2.24, 2.45) is 33.1 Å². The molecule has 1 aromatic carbocycles. The average Bonchev–Trinajstić information content (AvgIpc) is 1.85. The van der Waals surface area contributed by atoms with E-state index in [1.165, 1.54) is 24.3 Å². The summed E-state index contributed by atoms with van der Waals surface area (Å²) < 4.78 is 28.2. The standard InChI is InChI=1S/C53H84N12O25/c54-24(12-21-4-2-1-3-5-21)43(80)60-25(13-22-6-8-23(71)9-7-22)45(82)61-26(16-67)46(83)64-42(53(85,31-14-58-51(55)63-31)32-15-59-52(56)65(32)48-38(77)35(74)33(72)28(17-68)87-48)47(84)62-27(44(81)57-10-11-66)20-86-49-40(79)37(76)41(30(19-70)89-49)90-50-39(78)36(75)34(73)29(18-69)88-50/h6-9,11,21,24-42,48-50,67-79,85H,1-5,10,12-20,54H2,(H2,56,59)(H,57,81)(H,60,80)(H,61,82)(H,62,84)(H,64,83)(H3,55,58,63)/t24-,25-,26-,27-,28?,29?,30?,31?,32?,33?,34?,35?,36?,37?,38?,39?,40?,41?,42+,48?,49?,50?,53?/m0/s1. The molecule has 90 heavy (non-hydrogen) atoms. The largest absolute Gasteiger partial charge is 0.508 e. The van der Waals surface area contributed by atoms with Crippen molar-refractivity contribution in [3.8, 4) is 5.75 Å². The van der Waals surface area contributed by atoms with Gasteiger partial charge in [0, 0.05) is 6.42 Å². The van der Waals surface area contributed by atoms with Crippen molar-refractivity contribution in [3.63, 3.8) is 0 Å². The molecule has 1 saturated carbocycles. The summed E-state index contributed by atoms with van der Waals surface area (Å²) in [4.78, 5) is 93.4. The number of phenolic OH excluding ortho intramolecular Hbond substituents is 1. The van der Waals surface area contributed by atoms with Gasteiger partial charge in [-0.2, -0.15) is 0 Å². The van der Waals surface area contributed by atoms with Gasteiger partial charge in [-0.25, -0.2) is 0 Å². The minimum absolute atomic E-state index is 0.127. The number of aliphatic hydroxyl groups excluding tert-OH is 12. The van der Waals surface area contributed by atoms with Crippen LogP contribution < -0.4 is 49.1 Å². The van der Waals surface area contributed by atoms with Crippen LogP contribution in [-0.4, -0.2) is 317 Å². The summed E-state index contributed by atoms with van der Waals surface area (Å²) in [6.07, 6.45) is -24.1. The van der Waals surface area contributed by atoms with Crippen LogP contribution in [0.4, 0.5) is 0 Å². The smallest absolute Gasteiger partial charge is 0.246 e. The maximum Gasteiger partial charge on any atom is 0.246 e. The second kappa shape index (κ2) is 31.9. The van der Waals surface area contributed by atoms with E-state index in [1.807, 2.05) is 0 Å². The number of nitrogens with zero attached hydrogens (tertiary/aromatic N) is 3. The van der Waals surface area contributed by atoms with E-state index in [2.05, 4.69) is 41.9 Å². The monoisotopic (exact) mass is 1290 g/mol. The number of carbonyl (C=O) groups is 6. The summed E-state index contributed by atoms with van der Waals surface area (Å²) in [7, 11) is 0. The molecule has 26 N–H and O–H groups in total. The van der Waals surface area contributed by atoms with Crippen LogP contribution in [0.15, 0.2) is 34.3 Å². The topological polar surface area (TPSA) is 610 Å². The van der Waals surface area contributed by atoms with Crippen LogP contribution in [0, 0.1) is 5.92 Å². The molecular formula is C53H84N12O25. The van der Waals surface area contributed by atoms with E-state index in [0.717, 1.165) is 37.0 Å². The van der Waals surface area contributed by atoms with Gasteiger partial charge in [0.25, 0.3) is 0 Å². The molecular weight excluding hydrogens is 1200 g/mol. The molecule has 5 aliphatic heterocycles. The Balaban J connectivity index is 1.22. The lowest BCUT2D eigenvalue weighted by Gasteiger charge is -2.51. The molecule has 7 rings (SSSR count). The van der Waals surface area contributed by atoms with Crippen LogP contribution in [0.5, 0.6) is 5.75 Å². The maximum atomic E-state index is 15.5. The number of carbonyl (C=O) groups excluding carboxylic acids is 6. The van der Waals surface area contributed by atoms with E-state index in [1.54, 1.807) is 0 Å². The first kappa shape index (κ1) is 71.3. The van der Waals surface area contributed by atoms with Gasteiger partial charge < -0.3 is 154 Å². The van der Waals surface area contributed by atoms with E-state index in [9.17, 15) is 95.5 Å². The molecule has 6 aliphatic rings. The summed E-state index contributed by atoms with van der Waals surface area (Å²) in [5, 5.41) is 166. The molecule has 23 atom stereocenters. The van der Waals surface area contributed by atoms with Gasteiger partial charge in [-0.1, -0.05) is 44.2 Å². The zero-order valence-corrected chi connectivity index (χ0v) is 48.6. The van der Waals surface area contributed by atoms with Crippen molar-refractivity contribution in [2.75, 3.05) is 52.7 Å². The number of benzene rings is 1. The molecule has 37 heteroatoms. The van der Waals surface area contributed by atoms with Gasteiger partial charge in [0.15, 0.2) is 30.7 Å². The molecule has 1 aliphatic carbocycles. The summed E-state index contributed by atoms with van der Waals surface area (Å²) in [6, 6.07) is -7.53. The van der Waals surface area contributed by atoms with E-state index >= 15 is 4.79 Å². The van der Waals surface area contributed by atoms with Gasteiger partial charge in [0.2, 0.25) is 29.5 Å². The Morgan fingerprint density at radius 1 is 0.689 bits per heavy atom. The van der Waals surface area contributed by atoms with Crippen molar-refractivity contribution in [2.45, 2.75) is 185 Å². The Kier molecular flexibility index (Phi) is 25.3. The fourth-order valence-corrected chi connectivity index (χ4v) is 11.8. The first-order chi connectivity index (χ1) is 42.8. The molecule has 0 spiro atoms. The van der Waals surface area contributed by atoms with E-state index in [4.69, 9.17) is 40.9 Å². The average molecular weight is 1290 g/mol. The van der Waals surface area contributed by atoms with Gasteiger partial charge in [0.1, 0.15) is 115 Å². The van der Waals surface area contributed by atoms with Crippen molar-refractivity contribution >= 4 is 47.7 Å². The number of aldehydes is 1. The molecule has 3 saturated heterocycles. The van der Waals surface area contributed by atoms with Crippen molar-refractivity contribution < 1.29 is 124 Å². The van der Waals surface area contributed by atoms with Gasteiger partial charge in [0.05, 0.1) is 70.8 Å². The quantitative estimate of drug-likeness (QED) is 0.0346. The number of guanidine groups is 2. The van der Waals surface area contributed by atoms with Gasteiger partial charge >= 0.3 is 0 Å². The Hall–Kier alpha value is -6.18. The molecule has 0 bridgehead atoms. The molecule has 506 valence electrons. The van der Waals surface area contributed by atoms with Gasteiger partial charge in [-0.05, 0) is 30.0 Å². The maximum absolute atomic E-state index is 15.5. The predicted octanol–water partition coefficient (Wildman–Crippen LogP) is -13.1. The second-order valence-corrected chi connectivity index (χ2v) is 22.9. The Bertz CT molecular complexity index is 2650. The third kappa shape index (κ3) is 16.3. The highest BCUT2D eigenvalue weighted by Crippen LogP contribution is 2.36. The number of amides is 5. The molecule has 4 fully saturated rings. The minimum Gasteiger partial charge on any atom is -0.508 e. The van der Waals surface area contributed by atoms with E-state index < -0.39 is 228 Å². The number of aliphatic hydroxyl groups is 13. The Labute approximate surface area is 513 Å². The van der Waals surface area contributed by atoms with Crippen LogP contribution in [0.25, 0.3) is 0 Å². The highest BCUT2D eigenvalue weighted by molar-refractivity contribution is 5.97. The molecule has 5 heterocycles. The number of hydrogen-bond acceptors (Lipinski definition) is 32. The lowest BCUT2D eigenvalue weighted by Crippen LogP contribution is -2.78. The fourth-order valence-electron chi connectivity index (χ4n) is 11.8. The fraction of sp³-hybridized carbons (Fsp3) is 0.736. The number of nitrogens with two attached hydrogens (primary N) is 3. The zero-order chi connectivity index (χ0) is 65.9. The molecule has 5 amide bonds. The van der Waals surface area contributed by atoms with Crippen molar-refractivity contribution in [3.05, 3.63) is 29.8 Å². The van der Waals surface area contributed by atoms with Crippen molar-refractivity contribution in [1.82, 2.24) is 36.8 Å². The molecule has 0 aromatic heterocycles. The number of rotatable bonds is 28. The lowest BCUT2D eigenvalue weighted by molar-refractivity contribution is -0.359. The predicted molar refractivity (Wildman–Crippen MR) is 301 cm³/mol. The molecule has 18 unspecified atom stereocenters. The highest BCUT2D eigenvalue weighted by Gasteiger charge is 2.62. The minimum atomic E-state index is -3.07. The third-order valence-electron chi connectivity index (χ3n) is 16.9. The van der Waals surface area contributed by atoms with Gasteiger partial charge in [-0.3, -0.25) is 34.0 Å². The molecule has 37 nitrogen and oxygen atoms in total. The number of nitrogens with one attached hydrogen (secondary N) is 6. The van der Waals surface area contributed by atoms with Crippen LogP contribution in [0.2, 0.25) is 0 Å². The number of aliphatic imine (C=N–C) groups is 2. The molecule has 1 aromatic rings. The number of phenols is 1. The number of aromatic hydroxyl groups is 1. The summed E-state index contributed by atoms with van der Waals surface area (Å²) in [6.45, 7) is -7.29. The highest BCUT2D eigenvalue weighted by atomic mass is 16.7. The number of hydrogen-bond donors (Lipinski definition) is 23. The third-order valence-corrected chi connectivity index (χ3v) is 16.9. The van der Waals surface area contributed by atoms with Gasteiger partial charge in [-0.15, -0.1) is 0 Å². The van der Waals surface area contributed by atoms with Crippen LogP contribution >= 0.6 is 0 Å². The molecule has 0 radical (unpaired) electrons. The van der Waals surface area contributed by atoms with Crippen LogP contribution in [0.3, 0.4) is 0 Å². The zero-order valence-electron chi connectivity index (χ0n) is 48.6. The first-order valence-corrected chi connectivity index (χ1v) is 29.3. The first-order valence-electron chi connectivity index (χ1n) is 29.3. The summed E-state index contributed by atoms with van der Waals surface area (Å²) in [5.74, 6) is -7.13. The van der Waals surface area contributed by atoms with Crippen LogP contribution in [0.1, 0.15) is 44.1 Å². The lowest BCUT2D eigenvalue weighted by atomic mass is 9.77. The normalized spacial score (nSPS) is 33.8. The Morgan fingerprint density at radius 2 is 1.28 bits per heavy atom. The van der Waals surface area contributed by atoms with E-state index in [0.29, 0.717) is 5.56 Å².